The monoisotopic (exact) mass is 352 g/mol. The third-order valence-electron chi connectivity index (χ3n) is 3.88. The summed E-state index contributed by atoms with van der Waals surface area (Å²) in [6, 6.07) is 0.151. The molecule has 7 nitrogen and oxygen atoms in total. The standard InChI is InChI=1S/C15H29NO6S/c1-6-14(5)16(7-2,9-8-12-23(18,19)20)22-11-10-21-15(17)13(3)4/h14H,3,6-12H2,1-2,4-5H3/p+1. The number of carbonyl (C=O) groups is 1. The fraction of sp³-hybridized carbons (Fsp3) is 0.800. The molecule has 0 heterocycles. The summed E-state index contributed by atoms with van der Waals surface area (Å²) in [4.78, 5) is 17.3. The van der Waals surface area contributed by atoms with Crippen molar-refractivity contribution in [2.24, 2.45) is 0 Å². The lowest BCUT2D eigenvalue weighted by atomic mass is 10.2. The Morgan fingerprint density at radius 2 is 1.91 bits per heavy atom. The number of hydroxylamine groups is 3. The smallest absolute Gasteiger partial charge is 0.333 e. The molecule has 0 aliphatic heterocycles. The van der Waals surface area contributed by atoms with Crippen LogP contribution in [0.4, 0.5) is 0 Å². The summed E-state index contributed by atoms with van der Waals surface area (Å²) in [5, 5.41) is 0. The Kier molecular flexibility index (Phi) is 9.60. The summed E-state index contributed by atoms with van der Waals surface area (Å²) in [6.07, 6.45) is 1.15. The van der Waals surface area contributed by atoms with E-state index in [9.17, 15) is 13.2 Å². The van der Waals surface area contributed by atoms with Gasteiger partial charge in [-0.15, -0.1) is 0 Å². The molecule has 0 aromatic carbocycles. The van der Waals surface area contributed by atoms with Crippen LogP contribution in [0.25, 0.3) is 0 Å². The van der Waals surface area contributed by atoms with Crippen LogP contribution in [0, 0.1) is 0 Å². The first-order chi connectivity index (χ1) is 10.6. The van der Waals surface area contributed by atoms with Gasteiger partial charge in [-0.05, 0) is 27.2 Å². The molecule has 2 unspecified atom stereocenters. The Bertz CT molecular complexity index is 490. The molecule has 0 aliphatic carbocycles. The Morgan fingerprint density at radius 3 is 2.35 bits per heavy atom. The van der Waals surface area contributed by atoms with Crippen LogP contribution in [0.5, 0.6) is 0 Å². The number of ether oxygens (including phenoxy) is 1. The Hall–Kier alpha value is -0.960. The Morgan fingerprint density at radius 1 is 1.30 bits per heavy atom. The molecule has 0 spiro atoms. The zero-order valence-corrected chi connectivity index (χ0v) is 15.4. The molecule has 136 valence electrons. The topological polar surface area (TPSA) is 89.9 Å². The molecule has 0 aromatic rings. The summed E-state index contributed by atoms with van der Waals surface area (Å²) in [6.45, 7) is 12.5. The molecule has 0 bridgehead atoms. The minimum atomic E-state index is -3.98. The van der Waals surface area contributed by atoms with E-state index in [0.29, 0.717) is 25.1 Å². The minimum Gasteiger partial charge on any atom is -0.460 e. The van der Waals surface area contributed by atoms with Crippen molar-refractivity contribution in [3.05, 3.63) is 12.2 Å². The van der Waals surface area contributed by atoms with E-state index in [-0.39, 0.29) is 29.7 Å². The molecule has 0 aromatic heterocycles. The lowest BCUT2D eigenvalue weighted by Crippen LogP contribution is -2.55. The molecular weight excluding hydrogens is 322 g/mol. The molecule has 8 heteroatoms. The molecule has 0 aliphatic rings. The van der Waals surface area contributed by atoms with Crippen LogP contribution in [0.3, 0.4) is 0 Å². The molecule has 0 saturated heterocycles. The summed E-state index contributed by atoms with van der Waals surface area (Å²) < 4.78 is 35.9. The number of hydrogen-bond acceptors (Lipinski definition) is 5. The number of esters is 1. The van der Waals surface area contributed by atoms with Crippen molar-refractivity contribution in [1.29, 1.82) is 0 Å². The highest BCUT2D eigenvalue weighted by Crippen LogP contribution is 2.19. The first-order valence-corrected chi connectivity index (χ1v) is 9.48. The molecule has 23 heavy (non-hydrogen) atoms. The van der Waals surface area contributed by atoms with Crippen LogP contribution in [0.15, 0.2) is 12.2 Å². The van der Waals surface area contributed by atoms with Crippen molar-refractivity contribution in [2.75, 3.05) is 32.1 Å². The fourth-order valence-electron chi connectivity index (χ4n) is 2.30. The minimum absolute atomic E-state index is 0.112. The Labute approximate surface area is 139 Å². The lowest BCUT2D eigenvalue weighted by molar-refractivity contribution is -1.12. The van der Waals surface area contributed by atoms with Crippen LogP contribution in [0.1, 0.15) is 40.5 Å². The van der Waals surface area contributed by atoms with Gasteiger partial charge in [-0.3, -0.25) is 4.55 Å². The van der Waals surface area contributed by atoms with Gasteiger partial charge in [0.25, 0.3) is 10.1 Å². The van der Waals surface area contributed by atoms with Crippen LogP contribution >= 0.6 is 0 Å². The second kappa shape index (κ2) is 10.0. The number of hydrogen-bond donors (Lipinski definition) is 1. The molecule has 0 radical (unpaired) electrons. The van der Waals surface area contributed by atoms with Crippen molar-refractivity contribution in [2.45, 2.75) is 46.6 Å². The quantitative estimate of drug-likeness (QED) is 0.144. The predicted octanol–water partition coefficient (Wildman–Crippen LogP) is 1.95. The first-order valence-electron chi connectivity index (χ1n) is 7.87. The summed E-state index contributed by atoms with van der Waals surface area (Å²) >= 11 is 0. The van der Waals surface area contributed by atoms with E-state index in [4.69, 9.17) is 14.1 Å². The number of nitrogens with zero attached hydrogens (tertiary/aromatic N) is 1. The van der Waals surface area contributed by atoms with Crippen molar-refractivity contribution in [1.82, 2.24) is 0 Å². The molecular formula is C15H30NO6S+. The molecule has 0 fully saturated rings. The van der Waals surface area contributed by atoms with Crippen molar-refractivity contribution in [3.63, 3.8) is 0 Å². The fourth-order valence-corrected chi connectivity index (χ4v) is 2.79. The summed E-state index contributed by atoms with van der Waals surface area (Å²) in [5.74, 6) is -0.754. The molecule has 1 N–H and O–H groups in total. The highest BCUT2D eigenvalue weighted by atomic mass is 32.2. The van der Waals surface area contributed by atoms with E-state index < -0.39 is 16.1 Å². The third kappa shape index (κ3) is 8.45. The maximum Gasteiger partial charge on any atom is 0.333 e. The first kappa shape index (κ1) is 22.0. The van der Waals surface area contributed by atoms with Gasteiger partial charge >= 0.3 is 5.97 Å². The molecule has 0 saturated carbocycles. The third-order valence-corrected chi connectivity index (χ3v) is 4.69. The predicted molar refractivity (Wildman–Crippen MR) is 88.2 cm³/mol. The van der Waals surface area contributed by atoms with Gasteiger partial charge in [0.05, 0.1) is 5.75 Å². The van der Waals surface area contributed by atoms with E-state index in [0.717, 1.165) is 6.42 Å². The highest BCUT2D eigenvalue weighted by molar-refractivity contribution is 7.85. The lowest BCUT2D eigenvalue weighted by Gasteiger charge is -2.39. The normalized spacial score (nSPS) is 15.7. The second-order valence-corrected chi connectivity index (χ2v) is 7.21. The van der Waals surface area contributed by atoms with Crippen molar-refractivity contribution < 1.29 is 32.0 Å². The van der Waals surface area contributed by atoms with Crippen LogP contribution < -0.4 is 0 Å². The Balaban J connectivity index is 4.66. The average molecular weight is 352 g/mol. The van der Waals surface area contributed by atoms with Gasteiger partial charge in [-0.2, -0.15) is 17.9 Å². The van der Waals surface area contributed by atoms with Crippen LogP contribution in [0.2, 0.25) is 0 Å². The molecule has 0 rings (SSSR count). The summed E-state index contributed by atoms with van der Waals surface area (Å²) in [5.41, 5.74) is 0.330. The van der Waals surface area contributed by atoms with E-state index in [1.54, 1.807) is 6.92 Å². The number of rotatable bonds is 12. The van der Waals surface area contributed by atoms with Gasteiger partial charge in [0.2, 0.25) is 0 Å². The summed E-state index contributed by atoms with van der Waals surface area (Å²) in [7, 11) is -3.98. The van der Waals surface area contributed by atoms with Gasteiger partial charge in [0, 0.05) is 12.0 Å². The maximum atomic E-state index is 11.3. The highest BCUT2D eigenvalue weighted by Gasteiger charge is 2.34. The van der Waals surface area contributed by atoms with E-state index in [1.807, 2.05) is 20.8 Å². The van der Waals surface area contributed by atoms with Gasteiger partial charge in [0.1, 0.15) is 32.3 Å². The van der Waals surface area contributed by atoms with Crippen LogP contribution in [-0.2, 0) is 24.5 Å². The maximum absolute atomic E-state index is 11.3. The zero-order chi connectivity index (χ0) is 18.1. The number of carbonyl (C=O) groups excluding carboxylic acids is 1. The van der Waals surface area contributed by atoms with Crippen LogP contribution in [-0.4, -0.2) is 61.7 Å². The average Bonchev–Trinajstić information content (AvgIpc) is 2.47. The largest absolute Gasteiger partial charge is 0.460 e. The van der Waals surface area contributed by atoms with Gasteiger partial charge < -0.3 is 4.74 Å². The van der Waals surface area contributed by atoms with E-state index in [2.05, 4.69) is 6.58 Å². The molecule has 0 amide bonds. The SMILES string of the molecule is C=C(C)C(=O)OCCO[N+](CC)(CCCS(=O)(=O)O)C(C)CC. The van der Waals surface area contributed by atoms with Gasteiger partial charge in [-0.1, -0.05) is 13.5 Å². The van der Waals surface area contributed by atoms with Gasteiger partial charge in [0.15, 0.2) is 0 Å². The molecule has 2 atom stereocenters. The van der Waals surface area contributed by atoms with E-state index in [1.165, 1.54) is 0 Å². The van der Waals surface area contributed by atoms with Gasteiger partial charge in [-0.25, -0.2) is 4.79 Å². The number of quaternary nitrogens is 1. The zero-order valence-electron chi connectivity index (χ0n) is 14.6. The van der Waals surface area contributed by atoms with Crippen molar-refractivity contribution in [3.8, 4) is 0 Å². The van der Waals surface area contributed by atoms with Crippen molar-refractivity contribution >= 4 is 16.1 Å². The second-order valence-electron chi connectivity index (χ2n) is 5.64. The van der Waals surface area contributed by atoms with E-state index >= 15 is 0 Å².